The first-order valence-electron chi connectivity index (χ1n) is 10.2. The highest BCUT2D eigenvalue weighted by atomic mass is 19.3. The Hall–Kier alpha value is -3.23. The molecule has 0 N–H and O–H groups in total. The fraction of sp³-hybridized carbons (Fsp3) is 0.391. The van der Waals surface area contributed by atoms with Crippen LogP contribution in [0.1, 0.15) is 43.8 Å². The molecular weight excluding hydrogens is 423 g/mol. The predicted molar refractivity (Wildman–Crippen MR) is 112 cm³/mol. The SMILES string of the molecule is Cc1cc2c(cc1F)nc1n2[C@H](c2ccccc2OC(F)F)CN(C(=O)OC(C)(C)C)C1. The molecule has 6 nitrogen and oxygen atoms in total. The Kier molecular flexibility index (Phi) is 5.52. The molecule has 4 rings (SSSR count). The molecule has 2 heterocycles. The molecule has 170 valence electrons. The molecule has 0 saturated heterocycles. The molecule has 1 aliphatic heterocycles. The van der Waals surface area contributed by atoms with E-state index in [0.717, 1.165) is 0 Å². The topological polar surface area (TPSA) is 56.6 Å². The van der Waals surface area contributed by atoms with E-state index >= 15 is 0 Å². The third-order valence-electron chi connectivity index (χ3n) is 5.23. The number of amides is 1. The van der Waals surface area contributed by atoms with E-state index in [2.05, 4.69) is 4.98 Å². The quantitative estimate of drug-likeness (QED) is 0.538. The lowest BCUT2D eigenvalue weighted by molar-refractivity contribution is -0.0509. The maximum absolute atomic E-state index is 14.2. The zero-order valence-electron chi connectivity index (χ0n) is 18.2. The summed E-state index contributed by atoms with van der Waals surface area (Å²) >= 11 is 0. The van der Waals surface area contributed by atoms with Crippen LogP contribution in [0.2, 0.25) is 0 Å². The van der Waals surface area contributed by atoms with E-state index in [1.807, 2.05) is 4.57 Å². The molecule has 0 radical (unpaired) electrons. The van der Waals surface area contributed by atoms with Crippen LogP contribution < -0.4 is 4.74 Å². The van der Waals surface area contributed by atoms with Crippen LogP contribution in [0.4, 0.5) is 18.0 Å². The third-order valence-corrected chi connectivity index (χ3v) is 5.23. The van der Waals surface area contributed by atoms with E-state index in [0.29, 0.717) is 28.0 Å². The van der Waals surface area contributed by atoms with Gasteiger partial charge in [0.2, 0.25) is 0 Å². The molecule has 1 aliphatic rings. The number of halogens is 3. The Balaban J connectivity index is 1.86. The second-order valence-electron chi connectivity index (χ2n) is 8.78. The van der Waals surface area contributed by atoms with Crippen molar-refractivity contribution < 1.29 is 27.4 Å². The summed E-state index contributed by atoms with van der Waals surface area (Å²) in [7, 11) is 0. The number of carbonyl (C=O) groups excluding carboxylic acids is 1. The van der Waals surface area contributed by atoms with Gasteiger partial charge >= 0.3 is 12.7 Å². The lowest BCUT2D eigenvalue weighted by atomic mass is 10.0. The Morgan fingerprint density at radius 2 is 1.94 bits per heavy atom. The van der Waals surface area contributed by atoms with Crippen LogP contribution in [0, 0.1) is 12.7 Å². The van der Waals surface area contributed by atoms with Gasteiger partial charge in [-0.15, -0.1) is 0 Å². The van der Waals surface area contributed by atoms with E-state index in [1.165, 1.54) is 17.0 Å². The molecule has 2 aromatic carbocycles. The van der Waals surface area contributed by atoms with Crippen molar-refractivity contribution >= 4 is 17.1 Å². The van der Waals surface area contributed by atoms with Crippen molar-refractivity contribution in [3.8, 4) is 5.75 Å². The number of aromatic nitrogens is 2. The first-order chi connectivity index (χ1) is 15.0. The largest absolute Gasteiger partial charge is 0.444 e. The van der Waals surface area contributed by atoms with Crippen molar-refractivity contribution in [2.75, 3.05) is 6.54 Å². The van der Waals surface area contributed by atoms with Crippen molar-refractivity contribution in [3.05, 3.63) is 59.2 Å². The van der Waals surface area contributed by atoms with E-state index in [-0.39, 0.29) is 18.8 Å². The summed E-state index contributed by atoms with van der Waals surface area (Å²) in [5.41, 5.74) is 1.27. The Morgan fingerprint density at radius 1 is 1.22 bits per heavy atom. The van der Waals surface area contributed by atoms with Crippen molar-refractivity contribution in [2.24, 2.45) is 0 Å². The van der Waals surface area contributed by atoms with Gasteiger partial charge < -0.3 is 14.0 Å². The van der Waals surface area contributed by atoms with Crippen molar-refractivity contribution in [3.63, 3.8) is 0 Å². The molecule has 9 heteroatoms. The molecule has 0 aliphatic carbocycles. The Labute approximate surface area is 183 Å². The minimum Gasteiger partial charge on any atom is -0.444 e. The number of hydrogen-bond donors (Lipinski definition) is 0. The minimum absolute atomic E-state index is 0.00479. The van der Waals surface area contributed by atoms with E-state index < -0.39 is 30.2 Å². The second kappa shape index (κ2) is 8.03. The summed E-state index contributed by atoms with van der Waals surface area (Å²) in [5, 5.41) is 0. The summed E-state index contributed by atoms with van der Waals surface area (Å²) in [5.74, 6) is 0.110. The molecule has 0 saturated carbocycles. The van der Waals surface area contributed by atoms with Gasteiger partial charge in [-0.05, 0) is 45.4 Å². The highest BCUT2D eigenvalue weighted by molar-refractivity contribution is 5.78. The molecule has 0 spiro atoms. The molecule has 1 aromatic heterocycles. The maximum atomic E-state index is 14.2. The second-order valence-corrected chi connectivity index (χ2v) is 8.78. The molecule has 0 bridgehead atoms. The van der Waals surface area contributed by atoms with E-state index in [4.69, 9.17) is 9.47 Å². The third kappa shape index (κ3) is 4.24. The molecule has 0 fully saturated rings. The number of aryl methyl sites for hydroxylation is 1. The average molecular weight is 447 g/mol. The van der Waals surface area contributed by atoms with Crippen LogP contribution in [0.5, 0.6) is 5.75 Å². The highest BCUT2D eigenvalue weighted by Crippen LogP contribution is 2.37. The van der Waals surface area contributed by atoms with Gasteiger partial charge in [-0.2, -0.15) is 8.78 Å². The fourth-order valence-electron chi connectivity index (χ4n) is 3.92. The molecule has 1 atom stereocenters. The maximum Gasteiger partial charge on any atom is 0.410 e. The van der Waals surface area contributed by atoms with Gasteiger partial charge in [-0.1, -0.05) is 18.2 Å². The number of fused-ring (bicyclic) bond motifs is 3. The van der Waals surface area contributed by atoms with Gasteiger partial charge in [-0.25, -0.2) is 14.2 Å². The normalized spacial score (nSPS) is 16.4. The summed E-state index contributed by atoms with van der Waals surface area (Å²) < 4.78 is 52.5. The van der Waals surface area contributed by atoms with Gasteiger partial charge in [0, 0.05) is 18.2 Å². The molecular formula is C23H24F3N3O3. The fourth-order valence-corrected chi connectivity index (χ4v) is 3.92. The van der Waals surface area contributed by atoms with Gasteiger partial charge in [0.15, 0.2) is 0 Å². The number of carbonyl (C=O) groups is 1. The van der Waals surface area contributed by atoms with Gasteiger partial charge in [0.05, 0.1) is 23.6 Å². The zero-order valence-corrected chi connectivity index (χ0v) is 18.2. The molecule has 32 heavy (non-hydrogen) atoms. The summed E-state index contributed by atoms with van der Waals surface area (Å²) in [6, 6.07) is 8.87. The smallest absolute Gasteiger partial charge is 0.410 e. The van der Waals surface area contributed by atoms with E-state index in [1.54, 1.807) is 52.0 Å². The number of para-hydroxylation sites is 1. The minimum atomic E-state index is -3.00. The predicted octanol–water partition coefficient (Wildman–Crippen LogP) is 5.43. The molecule has 1 amide bonds. The van der Waals surface area contributed by atoms with Crippen LogP contribution in [0.25, 0.3) is 11.0 Å². The van der Waals surface area contributed by atoms with Crippen LogP contribution in [0.15, 0.2) is 36.4 Å². The van der Waals surface area contributed by atoms with Crippen molar-refractivity contribution in [1.82, 2.24) is 14.5 Å². The number of ether oxygens (including phenoxy) is 2. The average Bonchev–Trinajstić information content (AvgIpc) is 3.03. The Bertz CT molecular complexity index is 1170. The zero-order chi connectivity index (χ0) is 23.2. The standard InChI is InChI=1S/C23H24F3N3O3/c1-13-9-17-16(10-15(13)24)27-20-12-28(22(30)32-23(2,3)4)11-18(29(17)20)14-7-5-6-8-19(14)31-21(25)26/h5-10,18,21H,11-12H2,1-4H3/t18-/m0/s1. The lowest BCUT2D eigenvalue weighted by Gasteiger charge is -2.36. The molecule has 3 aromatic rings. The summed E-state index contributed by atoms with van der Waals surface area (Å²) in [6.07, 6.45) is -0.546. The number of imidazole rings is 1. The summed E-state index contributed by atoms with van der Waals surface area (Å²) in [4.78, 5) is 18.8. The van der Waals surface area contributed by atoms with Crippen LogP contribution in [0.3, 0.4) is 0 Å². The number of rotatable bonds is 3. The highest BCUT2D eigenvalue weighted by Gasteiger charge is 2.35. The first kappa shape index (κ1) is 22.0. The van der Waals surface area contributed by atoms with Gasteiger partial charge in [-0.3, -0.25) is 4.90 Å². The monoisotopic (exact) mass is 447 g/mol. The molecule has 0 unspecified atom stereocenters. The van der Waals surface area contributed by atoms with Gasteiger partial charge in [0.1, 0.15) is 23.0 Å². The van der Waals surface area contributed by atoms with Gasteiger partial charge in [0.25, 0.3) is 0 Å². The van der Waals surface area contributed by atoms with Crippen LogP contribution >= 0.6 is 0 Å². The number of hydrogen-bond acceptors (Lipinski definition) is 4. The van der Waals surface area contributed by atoms with Crippen LogP contribution in [-0.2, 0) is 11.3 Å². The first-order valence-corrected chi connectivity index (χ1v) is 10.2. The van der Waals surface area contributed by atoms with Crippen LogP contribution in [-0.4, -0.2) is 39.3 Å². The number of benzene rings is 2. The number of nitrogens with zero attached hydrogens (tertiary/aromatic N) is 3. The van der Waals surface area contributed by atoms with Crippen molar-refractivity contribution in [2.45, 2.75) is 52.5 Å². The lowest BCUT2D eigenvalue weighted by Crippen LogP contribution is -2.44. The van der Waals surface area contributed by atoms with E-state index in [9.17, 15) is 18.0 Å². The Morgan fingerprint density at radius 3 is 2.62 bits per heavy atom. The summed E-state index contributed by atoms with van der Waals surface area (Å²) in [6.45, 7) is 4.22. The van der Waals surface area contributed by atoms with Crippen molar-refractivity contribution in [1.29, 1.82) is 0 Å². The number of alkyl halides is 2.